The molecule has 2 amide bonds. The highest BCUT2D eigenvalue weighted by Crippen LogP contribution is 2.17. The van der Waals surface area contributed by atoms with Gasteiger partial charge >= 0.3 is 0 Å². The van der Waals surface area contributed by atoms with Crippen LogP contribution >= 0.6 is 0 Å². The fraction of sp³-hybridized carbons (Fsp3) is 0.833. The topological polar surface area (TPSA) is 49.9 Å². The van der Waals surface area contributed by atoms with Gasteiger partial charge in [-0.05, 0) is 27.7 Å². The van der Waals surface area contributed by atoms with Gasteiger partial charge in [0.05, 0.1) is 12.2 Å². The molecule has 1 aliphatic rings. The first-order valence-electron chi connectivity index (χ1n) is 5.82. The summed E-state index contributed by atoms with van der Waals surface area (Å²) >= 11 is 0. The quantitative estimate of drug-likeness (QED) is 0.708. The Balaban J connectivity index is 2.77. The molecule has 5 heteroatoms. The number of ether oxygens (including phenoxy) is 1. The van der Waals surface area contributed by atoms with Gasteiger partial charge in [-0.2, -0.15) is 0 Å². The SMILES string of the molecule is C[C@H]1C(=O)N(C)[C@@H](COC(C)(C)C)C(=O)N1C. The van der Waals surface area contributed by atoms with Crippen molar-refractivity contribution in [2.24, 2.45) is 0 Å². The van der Waals surface area contributed by atoms with Crippen molar-refractivity contribution >= 4 is 11.8 Å². The Bertz CT molecular complexity index is 322. The predicted octanol–water partition coefficient (Wildman–Crippen LogP) is 0.489. The van der Waals surface area contributed by atoms with E-state index < -0.39 is 12.1 Å². The molecule has 1 heterocycles. The van der Waals surface area contributed by atoms with Crippen molar-refractivity contribution in [1.82, 2.24) is 9.80 Å². The monoisotopic (exact) mass is 242 g/mol. The van der Waals surface area contributed by atoms with Crippen LogP contribution in [0, 0.1) is 0 Å². The molecule has 1 fully saturated rings. The van der Waals surface area contributed by atoms with Gasteiger partial charge in [0.2, 0.25) is 11.8 Å². The summed E-state index contributed by atoms with van der Waals surface area (Å²) in [6.45, 7) is 7.75. The number of carbonyl (C=O) groups excluding carboxylic acids is 2. The molecule has 0 unspecified atom stereocenters. The molecule has 5 nitrogen and oxygen atoms in total. The number of likely N-dealkylation sites (N-methyl/N-ethyl adjacent to an activating group) is 2. The van der Waals surface area contributed by atoms with E-state index in [4.69, 9.17) is 4.74 Å². The minimum absolute atomic E-state index is 0.0467. The van der Waals surface area contributed by atoms with Crippen LogP contribution in [0.5, 0.6) is 0 Å². The van der Waals surface area contributed by atoms with Gasteiger partial charge < -0.3 is 14.5 Å². The third-order valence-electron chi connectivity index (χ3n) is 3.06. The molecule has 0 bridgehead atoms. The van der Waals surface area contributed by atoms with E-state index >= 15 is 0 Å². The van der Waals surface area contributed by atoms with Gasteiger partial charge in [-0.1, -0.05) is 0 Å². The van der Waals surface area contributed by atoms with Crippen molar-refractivity contribution in [1.29, 1.82) is 0 Å². The maximum absolute atomic E-state index is 12.1. The van der Waals surface area contributed by atoms with Crippen molar-refractivity contribution in [2.45, 2.75) is 45.4 Å². The second-order valence-corrected chi connectivity index (χ2v) is 5.51. The van der Waals surface area contributed by atoms with Crippen molar-refractivity contribution in [3.63, 3.8) is 0 Å². The van der Waals surface area contributed by atoms with Crippen LogP contribution in [0.2, 0.25) is 0 Å². The van der Waals surface area contributed by atoms with Crippen LogP contribution in [0.15, 0.2) is 0 Å². The lowest BCUT2D eigenvalue weighted by Gasteiger charge is -2.41. The molecule has 0 aromatic carbocycles. The van der Waals surface area contributed by atoms with Crippen LogP contribution in [-0.4, -0.2) is 60.0 Å². The zero-order valence-electron chi connectivity index (χ0n) is 11.5. The average Bonchev–Trinajstić information content (AvgIpc) is 2.22. The summed E-state index contributed by atoms with van der Waals surface area (Å²) in [7, 11) is 3.31. The van der Waals surface area contributed by atoms with E-state index in [0.717, 1.165) is 0 Å². The van der Waals surface area contributed by atoms with Crippen LogP contribution in [-0.2, 0) is 14.3 Å². The first kappa shape index (κ1) is 14.0. The number of rotatable bonds is 2. The Kier molecular flexibility index (Phi) is 3.81. The van der Waals surface area contributed by atoms with E-state index in [9.17, 15) is 9.59 Å². The van der Waals surface area contributed by atoms with E-state index in [1.165, 1.54) is 9.80 Å². The molecule has 1 saturated heterocycles. The Morgan fingerprint density at radius 3 is 2.12 bits per heavy atom. The van der Waals surface area contributed by atoms with E-state index in [1.807, 2.05) is 20.8 Å². The summed E-state index contributed by atoms with van der Waals surface area (Å²) in [5, 5.41) is 0. The van der Waals surface area contributed by atoms with Crippen LogP contribution in [0.4, 0.5) is 0 Å². The minimum Gasteiger partial charge on any atom is -0.373 e. The normalized spacial score (nSPS) is 26.7. The molecular weight excluding hydrogens is 220 g/mol. The standard InChI is InChI=1S/C12H22N2O3/c1-8-10(15)14(6)9(11(16)13(8)5)7-17-12(2,3)4/h8-9H,7H2,1-6H3/t8-,9-/m0/s1. The highest BCUT2D eigenvalue weighted by atomic mass is 16.5. The molecule has 0 aromatic heterocycles. The number of carbonyl (C=O) groups is 2. The van der Waals surface area contributed by atoms with E-state index in [1.54, 1.807) is 21.0 Å². The smallest absolute Gasteiger partial charge is 0.248 e. The molecule has 17 heavy (non-hydrogen) atoms. The molecule has 0 aliphatic carbocycles. The van der Waals surface area contributed by atoms with Crippen LogP contribution < -0.4 is 0 Å². The summed E-state index contributed by atoms with van der Waals surface area (Å²) in [6, 6.07) is -0.902. The average molecular weight is 242 g/mol. The van der Waals surface area contributed by atoms with Gasteiger partial charge in [0.1, 0.15) is 12.1 Å². The Labute approximate surface area is 103 Å². The van der Waals surface area contributed by atoms with E-state index in [2.05, 4.69) is 0 Å². The van der Waals surface area contributed by atoms with Gasteiger partial charge in [0, 0.05) is 14.1 Å². The minimum atomic E-state index is -0.511. The Hall–Kier alpha value is -1.10. The molecule has 1 rings (SSSR count). The number of amides is 2. The number of hydrogen-bond donors (Lipinski definition) is 0. The predicted molar refractivity (Wildman–Crippen MR) is 64.5 cm³/mol. The molecule has 0 aromatic rings. The molecule has 1 aliphatic heterocycles. The van der Waals surface area contributed by atoms with Crippen molar-refractivity contribution in [3.05, 3.63) is 0 Å². The zero-order valence-corrected chi connectivity index (χ0v) is 11.5. The summed E-state index contributed by atoms with van der Waals surface area (Å²) in [5.74, 6) is -0.113. The second kappa shape index (κ2) is 4.64. The first-order chi connectivity index (χ1) is 7.65. The van der Waals surface area contributed by atoms with Crippen molar-refractivity contribution < 1.29 is 14.3 Å². The van der Waals surface area contributed by atoms with Crippen LogP contribution in [0.1, 0.15) is 27.7 Å². The fourth-order valence-corrected chi connectivity index (χ4v) is 1.72. The van der Waals surface area contributed by atoms with Gasteiger partial charge in [-0.25, -0.2) is 0 Å². The first-order valence-corrected chi connectivity index (χ1v) is 5.82. The third kappa shape index (κ3) is 2.97. The fourth-order valence-electron chi connectivity index (χ4n) is 1.72. The van der Waals surface area contributed by atoms with Gasteiger partial charge in [-0.3, -0.25) is 9.59 Å². The number of hydrogen-bond acceptors (Lipinski definition) is 3. The lowest BCUT2D eigenvalue weighted by atomic mass is 10.1. The summed E-state index contributed by atoms with van der Waals surface area (Å²) in [5.41, 5.74) is -0.314. The Morgan fingerprint density at radius 2 is 1.65 bits per heavy atom. The lowest BCUT2D eigenvalue weighted by molar-refractivity contribution is -0.162. The van der Waals surface area contributed by atoms with E-state index in [-0.39, 0.29) is 24.0 Å². The zero-order chi connectivity index (χ0) is 13.4. The summed E-state index contributed by atoms with van der Waals surface area (Å²) in [4.78, 5) is 26.9. The van der Waals surface area contributed by atoms with Gasteiger partial charge in [0.15, 0.2) is 0 Å². The van der Waals surface area contributed by atoms with Crippen molar-refractivity contribution in [2.75, 3.05) is 20.7 Å². The van der Waals surface area contributed by atoms with Gasteiger partial charge in [-0.15, -0.1) is 0 Å². The lowest BCUT2D eigenvalue weighted by Crippen LogP contribution is -2.63. The van der Waals surface area contributed by atoms with Crippen molar-refractivity contribution in [3.8, 4) is 0 Å². The maximum atomic E-state index is 12.1. The molecule has 0 saturated carbocycles. The number of piperazine rings is 1. The van der Waals surface area contributed by atoms with Gasteiger partial charge in [0.25, 0.3) is 0 Å². The summed E-state index contributed by atoms with van der Waals surface area (Å²) < 4.78 is 5.60. The Morgan fingerprint density at radius 1 is 1.12 bits per heavy atom. The second-order valence-electron chi connectivity index (χ2n) is 5.51. The largest absolute Gasteiger partial charge is 0.373 e. The highest BCUT2D eigenvalue weighted by molar-refractivity contribution is 5.96. The van der Waals surface area contributed by atoms with Crippen LogP contribution in [0.3, 0.4) is 0 Å². The van der Waals surface area contributed by atoms with Crippen LogP contribution in [0.25, 0.3) is 0 Å². The molecular formula is C12H22N2O3. The molecule has 2 atom stereocenters. The third-order valence-corrected chi connectivity index (χ3v) is 3.06. The maximum Gasteiger partial charge on any atom is 0.248 e. The number of nitrogens with zero attached hydrogens (tertiary/aromatic N) is 2. The molecule has 98 valence electrons. The highest BCUT2D eigenvalue weighted by Gasteiger charge is 2.40. The molecule has 0 spiro atoms. The molecule has 0 N–H and O–H groups in total. The van der Waals surface area contributed by atoms with E-state index in [0.29, 0.717) is 0 Å². The molecule has 0 radical (unpaired) electrons. The summed E-state index contributed by atoms with van der Waals surface area (Å²) in [6.07, 6.45) is 0.